The van der Waals surface area contributed by atoms with Gasteiger partial charge >= 0.3 is 5.97 Å². The molecule has 0 spiro atoms. The molecule has 2 atom stereocenters. The van der Waals surface area contributed by atoms with Gasteiger partial charge in [-0.1, -0.05) is 20.8 Å². The largest absolute Gasteiger partial charge is 0.491 e. The Morgan fingerprint density at radius 2 is 1.92 bits per heavy atom. The summed E-state index contributed by atoms with van der Waals surface area (Å²) in [5.74, 6) is 2.18. The molecule has 1 N–H and O–H groups in total. The quantitative estimate of drug-likeness (QED) is 0.333. The number of benzene rings is 2. The monoisotopic (exact) mass is 491 g/mol. The van der Waals surface area contributed by atoms with E-state index in [0.29, 0.717) is 24.8 Å². The van der Waals surface area contributed by atoms with Gasteiger partial charge in [0, 0.05) is 18.2 Å². The van der Waals surface area contributed by atoms with Crippen molar-refractivity contribution in [2.24, 2.45) is 11.3 Å². The molecule has 1 heterocycles. The summed E-state index contributed by atoms with van der Waals surface area (Å²) in [6.45, 7) is 13.3. The molecule has 6 heteroatoms. The second-order valence-electron chi connectivity index (χ2n) is 11.5. The number of anilines is 2. The molecule has 0 radical (unpaired) electrons. The number of hydrogen-bond donors (Lipinski definition) is 1. The zero-order valence-electron chi connectivity index (χ0n) is 22.9. The minimum absolute atomic E-state index is 0.140. The van der Waals surface area contributed by atoms with Crippen LogP contribution in [0.15, 0.2) is 36.4 Å². The fourth-order valence-electron chi connectivity index (χ4n) is 5.87. The number of aromatic nitrogens is 2. The molecule has 194 valence electrons. The molecule has 36 heavy (non-hydrogen) atoms. The molecule has 6 nitrogen and oxygen atoms in total. The minimum Gasteiger partial charge on any atom is -0.491 e. The van der Waals surface area contributed by atoms with Crippen LogP contribution < -0.4 is 10.1 Å². The Labute approximate surface area is 215 Å². The molecule has 1 aliphatic rings. The molecule has 0 saturated heterocycles. The van der Waals surface area contributed by atoms with E-state index in [-0.39, 0.29) is 17.5 Å². The van der Waals surface area contributed by atoms with Gasteiger partial charge in [0.05, 0.1) is 24.2 Å². The first-order valence-corrected chi connectivity index (χ1v) is 13.2. The van der Waals surface area contributed by atoms with E-state index in [1.807, 2.05) is 38.1 Å². The van der Waals surface area contributed by atoms with Crippen LogP contribution in [0.1, 0.15) is 77.5 Å². The Morgan fingerprint density at radius 1 is 1.19 bits per heavy atom. The molecular formula is C30H41N3O3. The number of carbonyl (C=O) groups is 1. The van der Waals surface area contributed by atoms with Gasteiger partial charge in [0.1, 0.15) is 5.75 Å². The van der Waals surface area contributed by atoms with Crippen LogP contribution in [-0.4, -0.2) is 28.7 Å². The maximum atomic E-state index is 11.7. The number of imidazole rings is 1. The zero-order chi connectivity index (χ0) is 26.0. The first kappa shape index (κ1) is 26.1. The lowest BCUT2D eigenvalue weighted by Crippen LogP contribution is -2.29. The number of aryl methyl sites for hydroxylation is 2. The van der Waals surface area contributed by atoms with Crippen LogP contribution in [0.4, 0.5) is 11.6 Å². The lowest BCUT2D eigenvalue weighted by molar-refractivity contribution is -0.140. The highest BCUT2D eigenvalue weighted by Crippen LogP contribution is 2.46. The summed E-state index contributed by atoms with van der Waals surface area (Å²) in [5.41, 5.74) is 5.68. The summed E-state index contributed by atoms with van der Waals surface area (Å²) in [6, 6.07) is 12.8. The summed E-state index contributed by atoms with van der Waals surface area (Å²) < 4.78 is 13.1. The number of rotatable bonds is 8. The van der Waals surface area contributed by atoms with Gasteiger partial charge in [-0.15, -0.1) is 0 Å². The number of hydrogen-bond acceptors (Lipinski definition) is 5. The topological polar surface area (TPSA) is 65.4 Å². The SMILES string of the molecule is COC(=O)CCc1cc2nc(Nc3ccc(OC(C)C)cc3)n([C@H]3C[C@H](C)CC(C)(C)C3)c2cc1C. The number of fused-ring (bicyclic) bond motifs is 1. The summed E-state index contributed by atoms with van der Waals surface area (Å²) in [7, 11) is 1.44. The van der Waals surface area contributed by atoms with Crippen molar-refractivity contribution in [2.45, 2.75) is 85.8 Å². The molecule has 1 fully saturated rings. The minimum atomic E-state index is -0.189. The number of methoxy groups -OCH3 is 1. The van der Waals surface area contributed by atoms with Crippen molar-refractivity contribution in [1.82, 2.24) is 9.55 Å². The first-order chi connectivity index (χ1) is 17.0. The molecule has 0 amide bonds. The highest BCUT2D eigenvalue weighted by molar-refractivity contribution is 5.82. The van der Waals surface area contributed by atoms with Crippen molar-refractivity contribution < 1.29 is 14.3 Å². The molecule has 0 aliphatic heterocycles. The molecule has 0 unspecified atom stereocenters. The van der Waals surface area contributed by atoms with Gasteiger partial charge < -0.3 is 19.4 Å². The number of nitrogens with zero attached hydrogens (tertiary/aromatic N) is 2. The van der Waals surface area contributed by atoms with Gasteiger partial charge in [0.25, 0.3) is 0 Å². The second-order valence-corrected chi connectivity index (χ2v) is 11.5. The van der Waals surface area contributed by atoms with Crippen LogP contribution in [0.5, 0.6) is 5.75 Å². The van der Waals surface area contributed by atoms with Gasteiger partial charge in [-0.2, -0.15) is 0 Å². The number of nitrogens with one attached hydrogen (secondary N) is 1. The lowest BCUT2D eigenvalue weighted by Gasteiger charge is -2.40. The average molecular weight is 492 g/mol. The summed E-state index contributed by atoms with van der Waals surface area (Å²) in [5, 5.41) is 3.60. The van der Waals surface area contributed by atoms with Crippen LogP contribution in [0.25, 0.3) is 11.0 Å². The third-order valence-electron chi connectivity index (χ3n) is 7.18. The maximum Gasteiger partial charge on any atom is 0.305 e. The van der Waals surface area contributed by atoms with Crippen molar-refractivity contribution in [2.75, 3.05) is 12.4 Å². The predicted molar refractivity (Wildman–Crippen MR) is 146 cm³/mol. The predicted octanol–water partition coefficient (Wildman–Crippen LogP) is 7.37. The summed E-state index contributed by atoms with van der Waals surface area (Å²) in [4.78, 5) is 16.8. The first-order valence-electron chi connectivity index (χ1n) is 13.2. The molecule has 4 rings (SSSR count). The third kappa shape index (κ3) is 6.03. The Balaban J connectivity index is 1.73. The van der Waals surface area contributed by atoms with E-state index < -0.39 is 0 Å². The molecule has 1 aromatic heterocycles. The van der Waals surface area contributed by atoms with Gasteiger partial charge in [-0.3, -0.25) is 4.79 Å². The Bertz CT molecular complexity index is 1210. The Hall–Kier alpha value is -3.02. The number of carbonyl (C=O) groups excluding carboxylic acids is 1. The maximum absolute atomic E-state index is 11.7. The average Bonchev–Trinajstić information content (AvgIpc) is 3.13. The third-order valence-corrected chi connectivity index (χ3v) is 7.18. The van der Waals surface area contributed by atoms with E-state index in [1.54, 1.807) is 0 Å². The fraction of sp³-hybridized carbons (Fsp3) is 0.533. The molecule has 1 saturated carbocycles. The van der Waals surface area contributed by atoms with Gasteiger partial charge in [0.15, 0.2) is 0 Å². The van der Waals surface area contributed by atoms with E-state index in [9.17, 15) is 4.79 Å². The lowest BCUT2D eigenvalue weighted by atomic mass is 9.70. The van der Waals surface area contributed by atoms with Crippen molar-refractivity contribution >= 4 is 28.6 Å². The van der Waals surface area contributed by atoms with Crippen molar-refractivity contribution in [1.29, 1.82) is 0 Å². The standard InChI is InChI=1S/C30H41N3O3/c1-19(2)36-25-11-9-23(10-12-25)31-29-32-26-16-22(8-13-28(34)35-7)21(4)15-27(26)33(29)24-14-20(3)17-30(5,6)18-24/h9-12,15-16,19-20,24H,8,13-14,17-18H2,1-7H3,(H,31,32)/t20-,24-/m0/s1. The van der Waals surface area contributed by atoms with E-state index in [4.69, 9.17) is 14.5 Å². The number of esters is 1. The molecular weight excluding hydrogens is 450 g/mol. The Morgan fingerprint density at radius 3 is 2.56 bits per heavy atom. The van der Waals surface area contributed by atoms with Gasteiger partial charge in [-0.05, 0) is 105 Å². The summed E-state index contributed by atoms with van der Waals surface area (Å²) >= 11 is 0. The van der Waals surface area contributed by atoms with Gasteiger partial charge in [-0.25, -0.2) is 4.98 Å². The van der Waals surface area contributed by atoms with Crippen molar-refractivity contribution in [3.8, 4) is 5.75 Å². The van der Waals surface area contributed by atoms with Crippen LogP contribution in [0.3, 0.4) is 0 Å². The van der Waals surface area contributed by atoms with Crippen LogP contribution in [0.2, 0.25) is 0 Å². The number of ether oxygens (including phenoxy) is 2. The van der Waals surface area contributed by atoms with Crippen molar-refractivity contribution in [3.63, 3.8) is 0 Å². The van der Waals surface area contributed by atoms with E-state index in [2.05, 4.69) is 49.7 Å². The van der Waals surface area contributed by atoms with E-state index >= 15 is 0 Å². The Kier molecular flexibility index (Phi) is 7.62. The van der Waals surface area contributed by atoms with Crippen LogP contribution >= 0.6 is 0 Å². The highest BCUT2D eigenvalue weighted by atomic mass is 16.5. The van der Waals surface area contributed by atoms with Gasteiger partial charge in [0.2, 0.25) is 5.95 Å². The van der Waals surface area contributed by atoms with E-state index in [0.717, 1.165) is 46.8 Å². The molecule has 3 aromatic rings. The fourth-order valence-corrected chi connectivity index (χ4v) is 5.87. The molecule has 2 aromatic carbocycles. The molecule has 1 aliphatic carbocycles. The van der Waals surface area contributed by atoms with E-state index in [1.165, 1.54) is 19.1 Å². The molecule has 0 bridgehead atoms. The highest BCUT2D eigenvalue weighted by Gasteiger charge is 2.34. The smallest absolute Gasteiger partial charge is 0.305 e. The second kappa shape index (κ2) is 10.5. The van der Waals surface area contributed by atoms with Crippen molar-refractivity contribution in [3.05, 3.63) is 47.5 Å². The van der Waals surface area contributed by atoms with Crippen LogP contribution in [-0.2, 0) is 16.0 Å². The summed E-state index contributed by atoms with van der Waals surface area (Å²) in [6.07, 6.45) is 4.65. The van der Waals surface area contributed by atoms with Crippen LogP contribution in [0, 0.1) is 18.3 Å². The zero-order valence-corrected chi connectivity index (χ0v) is 22.9. The normalized spacial score (nSPS) is 19.4.